The molecule has 1 aromatic heterocycles. The highest BCUT2D eigenvalue weighted by atomic mass is 79.9. The van der Waals surface area contributed by atoms with Crippen molar-refractivity contribution in [1.82, 2.24) is 10.3 Å². The normalized spacial score (nSPS) is 18.7. The summed E-state index contributed by atoms with van der Waals surface area (Å²) >= 11 is 3.21. The third kappa shape index (κ3) is 2.78. The van der Waals surface area contributed by atoms with E-state index in [1.54, 1.807) is 6.20 Å². The van der Waals surface area contributed by atoms with Crippen molar-refractivity contribution in [3.05, 3.63) is 26.9 Å². The number of nitrogens with zero attached hydrogens (tertiary/aromatic N) is 3. The van der Waals surface area contributed by atoms with Crippen LogP contribution in [0.3, 0.4) is 0 Å². The van der Waals surface area contributed by atoms with Crippen LogP contribution in [0.25, 0.3) is 0 Å². The number of nitrogens with one attached hydrogen (secondary N) is 1. The van der Waals surface area contributed by atoms with Crippen molar-refractivity contribution in [3.63, 3.8) is 0 Å². The molecule has 0 aliphatic carbocycles. The zero-order valence-electron chi connectivity index (χ0n) is 10.3. The molecule has 0 radical (unpaired) electrons. The largest absolute Gasteiger partial charge is 0.348 e. The Morgan fingerprint density at radius 3 is 2.94 bits per heavy atom. The monoisotopic (exact) mass is 314 g/mol. The lowest BCUT2D eigenvalue weighted by molar-refractivity contribution is -0.384. The van der Waals surface area contributed by atoms with Gasteiger partial charge in [-0.05, 0) is 29.8 Å². The zero-order chi connectivity index (χ0) is 13.3. The van der Waals surface area contributed by atoms with Crippen molar-refractivity contribution in [2.45, 2.75) is 19.4 Å². The van der Waals surface area contributed by atoms with Gasteiger partial charge in [0.1, 0.15) is 0 Å². The van der Waals surface area contributed by atoms with Gasteiger partial charge >= 0.3 is 5.69 Å². The summed E-state index contributed by atoms with van der Waals surface area (Å²) in [6.07, 6.45) is 1.59. The number of aromatic nitrogens is 1. The van der Waals surface area contributed by atoms with Crippen LogP contribution in [0.5, 0.6) is 0 Å². The average molecular weight is 315 g/mol. The summed E-state index contributed by atoms with van der Waals surface area (Å²) in [7, 11) is 0. The quantitative estimate of drug-likeness (QED) is 0.667. The molecule has 0 amide bonds. The zero-order valence-corrected chi connectivity index (χ0v) is 11.9. The van der Waals surface area contributed by atoms with Crippen LogP contribution in [0, 0.1) is 10.1 Å². The lowest BCUT2D eigenvalue weighted by Gasteiger charge is -2.39. The Morgan fingerprint density at radius 1 is 1.61 bits per heavy atom. The van der Waals surface area contributed by atoms with Crippen molar-refractivity contribution in [3.8, 4) is 0 Å². The molecule has 1 aromatic rings. The second kappa shape index (κ2) is 4.81. The van der Waals surface area contributed by atoms with Crippen LogP contribution < -0.4 is 10.2 Å². The molecule has 1 aliphatic rings. The first kappa shape index (κ1) is 13.2. The highest BCUT2D eigenvalue weighted by molar-refractivity contribution is 9.10. The second-order valence-electron chi connectivity index (χ2n) is 4.99. The van der Waals surface area contributed by atoms with Gasteiger partial charge in [-0.2, -0.15) is 0 Å². The predicted octanol–water partition coefficient (Wildman–Crippen LogP) is 1.94. The third-order valence-electron chi connectivity index (χ3n) is 2.88. The maximum absolute atomic E-state index is 11.1. The number of piperazine rings is 1. The average Bonchev–Trinajstić information content (AvgIpc) is 2.27. The van der Waals surface area contributed by atoms with Crippen LogP contribution in [-0.2, 0) is 0 Å². The first-order valence-corrected chi connectivity index (χ1v) is 6.48. The van der Waals surface area contributed by atoms with E-state index in [-0.39, 0.29) is 16.1 Å². The van der Waals surface area contributed by atoms with Crippen LogP contribution in [0.2, 0.25) is 0 Å². The first-order valence-electron chi connectivity index (χ1n) is 5.69. The minimum Gasteiger partial charge on any atom is -0.348 e. The van der Waals surface area contributed by atoms with E-state index < -0.39 is 0 Å². The topological polar surface area (TPSA) is 71.3 Å². The highest BCUT2D eigenvalue weighted by Crippen LogP contribution is 2.30. The summed E-state index contributed by atoms with van der Waals surface area (Å²) in [5.74, 6) is 0.442. The van der Waals surface area contributed by atoms with Gasteiger partial charge < -0.3 is 10.2 Å². The Morgan fingerprint density at radius 2 is 2.33 bits per heavy atom. The molecule has 0 bridgehead atoms. The lowest BCUT2D eigenvalue weighted by Crippen LogP contribution is -2.57. The van der Waals surface area contributed by atoms with Crippen molar-refractivity contribution < 1.29 is 4.92 Å². The Hall–Kier alpha value is -1.21. The van der Waals surface area contributed by atoms with E-state index in [2.05, 4.69) is 40.1 Å². The van der Waals surface area contributed by atoms with E-state index >= 15 is 0 Å². The van der Waals surface area contributed by atoms with Gasteiger partial charge in [0.25, 0.3) is 0 Å². The summed E-state index contributed by atoms with van der Waals surface area (Å²) in [4.78, 5) is 16.9. The van der Waals surface area contributed by atoms with Crippen LogP contribution in [0.1, 0.15) is 13.8 Å². The molecule has 0 saturated carbocycles. The number of hydrogen-bond donors (Lipinski definition) is 1. The molecular formula is C11H15BrN4O2. The molecule has 0 atom stereocenters. The minimum absolute atomic E-state index is 0.0436. The molecular weight excluding hydrogens is 300 g/mol. The maximum atomic E-state index is 11.1. The number of nitro groups is 1. The standard InChI is InChI=1S/C11H15BrN4O2/c1-11(2)7-15(4-3-14-11)10-9(16(17)18)5-8(12)6-13-10/h5-6,14H,3-4,7H2,1-2H3. The van der Waals surface area contributed by atoms with Crippen LogP contribution in [0.15, 0.2) is 16.7 Å². The molecule has 7 heteroatoms. The molecule has 18 heavy (non-hydrogen) atoms. The fourth-order valence-corrected chi connectivity index (χ4v) is 2.44. The minimum atomic E-state index is -0.387. The van der Waals surface area contributed by atoms with Crippen LogP contribution >= 0.6 is 15.9 Å². The molecule has 1 N–H and O–H groups in total. The molecule has 6 nitrogen and oxygen atoms in total. The van der Waals surface area contributed by atoms with Gasteiger partial charge in [0, 0.05) is 41.9 Å². The molecule has 2 heterocycles. The fourth-order valence-electron chi connectivity index (χ4n) is 2.12. The molecule has 0 unspecified atom stereocenters. The van der Waals surface area contributed by atoms with Gasteiger partial charge in [0.2, 0.25) is 5.82 Å². The van der Waals surface area contributed by atoms with Gasteiger partial charge in [-0.1, -0.05) is 0 Å². The lowest BCUT2D eigenvalue weighted by atomic mass is 10.0. The van der Waals surface area contributed by atoms with E-state index in [4.69, 9.17) is 0 Å². The Labute approximate surface area is 114 Å². The summed E-state index contributed by atoms with van der Waals surface area (Å²) in [6.45, 7) is 6.36. The third-order valence-corrected chi connectivity index (χ3v) is 3.32. The first-order chi connectivity index (χ1) is 8.39. The van der Waals surface area contributed by atoms with Crippen LogP contribution in [-0.4, -0.2) is 35.1 Å². The number of hydrogen-bond acceptors (Lipinski definition) is 5. The van der Waals surface area contributed by atoms with E-state index in [9.17, 15) is 10.1 Å². The van der Waals surface area contributed by atoms with Gasteiger partial charge in [0.05, 0.1) is 4.92 Å². The van der Waals surface area contributed by atoms with E-state index in [1.807, 2.05) is 4.90 Å². The van der Waals surface area contributed by atoms with Crippen molar-refractivity contribution >= 4 is 27.4 Å². The van der Waals surface area contributed by atoms with Gasteiger partial charge in [-0.3, -0.25) is 10.1 Å². The van der Waals surface area contributed by atoms with Gasteiger partial charge in [-0.15, -0.1) is 0 Å². The van der Waals surface area contributed by atoms with E-state index in [1.165, 1.54) is 6.07 Å². The van der Waals surface area contributed by atoms with E-state index in [0.717, 1.165) is 13.1 Å². The van der Waals surface area contributed by atoms with Crippen molar-refractivity contribution in [2.24, 2.45) is 0 Å². The molecule has 1 saturated heterocycles. The predicted molar refractivity (Wildman–Crippen MR) is 72.9 cm³/mol. The number of pyridine rings is 1. The van der Waals surface area contributed by atoms with Crippen molar-refractivity contribution in [2.75, 3.05) is 24.5 Å². The summed E-state index contributed by atoms with van der Waals surface area (Å²) in [6, 6.07) is 1.50. The smallest absolute Gasteiger partial charge is 0.312 e. The Bertz CT molecular complexity index is 478. The molecule has 1 fully saturated rings. The SMILES string of the molecule is CC1(C)CN(c2ncc(Br)cc2[N+](=O)[O-])CCN1. The molecule has 98 valence electrons. The molecule has 2 rings (SSSR count). The summed E-state index contributed by atoms with van der Waals surface area (Å²) in [5, 5.41) is 14.5. The molecule has 0 spiro atoms. The number of rotatable bonds is 2. The maximum Gasteiger partial charge on any atom is 0.312 e. The molecule has 0 aromatic carbocycles. The van der Waals surface area contributed by atoms with E-state index in [0.29, 0.717) is 16.8 Å². The summed E-state index contributed by atoms with van der Waals surface area (Å²) in [5.41, 5.74) is -0.0250. The number of anilines is 1. The Balaban J connectivity index is 2.35. The van der Waals surface area contributed by atoms with Crippen molar-refractivity contribution in [1.29, 1.82) is 0 Å². The van der Waals surface area contributed by atoms with Gasteiger partial charge in [0.15, 0.2) is 0 Å². The molecule has 1 aliphatic heterocycles. The van der Waals surface area contributed by atoms with Gasteiger partial charge in [-0.25, -0.2) is 4.98 Å². The highest BCUT2D eigenvalue weighted by Gasteiger charge is 2.30. The summed E-state index contributed by atoms with van der Waals surface area (Å²) < 4.78 is 0.618. The fraction of sp³-hybridized carbons (Fsp3) is 0.545. The van der Waals surface area contributed by atoms with Crippen LogP contribution in [0.4, 0.5) is 11.5 Å². The second-order valence-corrected chi connectivity index (χ2v) is 5.90. The Kier molecular flexibility index (Phi) is 3.54. The number of halogens is 1.